The van der Waals surface area contributed by atoms with E-state index in [9.17, 15) is 22.0 Å². The van der Waals surface area contributed by atoms with Gasteiger partial charge in [0.15, 0.2) is 0 Å². The van der Waals surface area contributed by atoms with Crippen LogP contribution < -0.4 is 25.7 Å². The minimum atomic E-state index is -3.69. The second-order valence-corrected chi connectivity index (χ2v) is 11.9. The van der Waals surface area contributed by atoms with Gasteiger partial charge in [0, 0.05) is 32.2 Å². The van der Waals surface area contributed by atoms with Gasteiger partial charge in [0.2, 0.25) is 15.8 Å². The number of ether oxygens (including phenoxy) is 2. The lowest BCUT2D eigenvalue weighted by molar-refractivity contribution is 0.205. The molecule has 1 saturated carbocycles. The van der Waals surface area contributed by atoms with Crippen molar-refractivity contribution in [2.75, 3.05) is 43.9 Å². The molecule has 1 aromatic heterocycles. The number of piperazine rings is 1. The molecular formula is C27H31F2N5O5S. The van der Waals surface area contributed by atoms with Crippen LogP contribution >= 0.6 is 0 Å². The first kappa shape index (κ1) is 27.8. The van der Waals surface area contributed by atoms with Crippen molar-refractivity contribution >= 4 is 21.4 Å². The summed E-state index contributed by atoms with van der Waals surface area (Å²) in [6, 6.07) is 7.78. The Morgan fingerprint density at radius 3 is 2.38 bits per heavy atom. The molecule has 0 bridgehead atoms. The number of nitrogens with two attached hydrogens (primary N) is 1. The lowest BCUT2D eigenvalue weighted by atomic mass is 10.2. The summed E-state index contributed by atoms with van der Waals surface area (Å²) in [6.07, 6.45) is 4.78. The molecule has 0 spiro atoms. The summed E-state index contributed by atoms with van der Waals surface area (Å²) in [5, 5.41) is 4.18. The molecule has 10 nitrogen and oxygen atoms in total. The number of rotatable bonds is 8. The molecule has 1 aliphatic heterocycles. The van der Waals surface area contributed by atoms with Crippen molar-refractivity contribution in [2.45, 2.75) is 37.5 Å². The number of anilines is 2. The van der Waals surface area contributed by atoms with Crippen LogP contribution in [0.25, 0.3) is 5.69 Å². The fourth-order valence-electron chi connectivity index (χ4n) is 5.17. The van der Waals surface area contributed by atoms with Gasteiger partial charge >= 0.3 is 5.56 Å². The molecule has 2 aliphatic rings. The van der Waals surface area contributed by atoms with Gasteiger partial charge in [-0.3, -0.25) is 4.79 Å². The Bertz CT molecular complexity index is 1530. The second-order valence-electron chi connectivity index (χ2n) is 9.90. The summed E-state index contributed by atoms with van der Waals surface area (Å²) in [6.45, 7) is 0.918. The fraction of sp³-hybridized carbons (Fsp3) is 0.407. The molecule has 0 unspecified atom stereocenters. The smallest absolute Gasteiger partial charge is 0.316 e. The maximum atomic E-state index is 13.9. The zero-order valence-corrected chi connectivity index (χ0v) is 22.9. The summed E-state index contributed by atoms with van der Waals surface area (Å²) in [7, 11) is -2.22. The van der Waals surface area contributed by atoms with Crippen molar-refractivity contribution < 1.29 is 26.7 Å². The first-order valence-corrected chi connectivity index (χ1v) is 14.7. The van der Waals surface area contributed by atoms with Crippen LogP contribution in [-0.4, -0.2) is 61.9 Å². The van der Waals surface area contributed by atoms with Crippen molar-refractivity contribution in [2.24, 2.45) is 0 Å². The highest BCUT2D eigenvalue weighted by atomic mass is 32.2. The Labute approximate surface area is 231 Å². The lowest BCUT2D eigenvalue weighted by Gasteiger charge is -2.36. The highest BCUT2D eigenvalue weighted by Crippen LogP contribution is 2.31. The maximum absolute atomic E-state index is 13.9. The topological polar surface area (TPSA) is 120 Å². The van der Waals surface area contributed by atoms with E-state index in [2.05, 4.69) is 5.10 Å². The molecule has 13 heteroatoms. The van der Waals surface area contributed by atoms with Gasteiger partial charge in [-0.2, -0.15) is 14.1 Å². The molecule has 2 aromatic carbocycles. The molecule has 0 atom stereocenters. The molecule has 1 saturated heterocycles. The second kappa shape index (κ2) is 11.4. The molecule has 5 rings (SSSR count). The van der Waals surface area contributed by atoms with E-state index in [-0.39, 0.29) is 55.2 Å². The number of sulfonamides is 1. The predicted octanol–water partition coefficient (Wildman–Crippen LogP) is 3.07. The minimum Gasteiger partial charge on any atom is -0.495 e. The van der Waals surface area contributed by atoms with Gasteiger partial charge in [-0.1, -0.05) is 12.1 Å². The number of aromatic nitrogens is 2. The average molecular weight is 576 g/mol. The van der Waals surface area contributed by atoms with Gasteiger partial charge < -0.3 is 20.1 Å². The summed E-state index contributed by atoms with van der Waals surface area (Å²) in [5.74, 6) is -1.49. The fourth-order valence-corrected chi connectivity index (χ4v) is 6.72. The maximum Gasteiger partial charge on any atom is 0.316 e. The van der Waals surface area contributed by atoms with Gasteiger partial charge in [0.05, 0.1) is 36.5 Å². The highest BCUT2D eigenvalue weighted by molar-refractivity contribution is 7.88. The number of nitrogen functional groups attached to an aromatic ring is 1. The van der Waals surface area contributed by atoms with Gasteiger partial charge in [-0.15, -0.1) is 0 Å². The molecule has 3 aromatic rings. The largest absolute Gasteiger partial charge is 0.495 e. The Morgan fingerprint density at radius 2 is 1.73 bits per heavy atom. The van der Waals surface area contributed by atoms with E-state index in [1.165, 1.54) is 17.6 Å². The number of para-hydroxylation sites is 1. The van der Waals surface area contributed by atoms with E-state index < -0.39 is 27.2 Å². The Kier molecular flexibility index (Phi) is 7.95. The van der Waals surface area contributed by atoms with E-state index in [4.69, 9.17) is 15.2 Å². The lowest BCUT2D eigenvalue weighted by Crippen LogP contribution is -2.49. The summed E-state index contributed by atoms with van der Waals surface area (Å²) < 4.78 is 67.9. The van der Waals surface area contributed by atoms with Gasteiger partial charge in [0.1, 0.15) is 23.1 Å². The van der Waals surface area contributed by atoms with Crippen LogP contribution in [0.2, 0.25) is 0 Å². The minimum absolute atomic E-state index is 0.0343. The third-order valence-electron chi connectivity index (χ3n) is 7.28. The zero-order chi connectivity index (χ0) is 28.4. The summed E-state index contributed by atoms with van der Waals surface area (Å²) in [5.41, 5.74) is 6.54. The Morgan fingerprint density at radius 1 is 1.05 bits per heavy atom. The summed E-state index contributed by atoms with van der Waals surface area (Å²) >= 11 is 0. The summed E-state index contributed by atoms with van der Waals surface area (Å²) in [4.78, 5) is 15.4. The van der Waals surface area contributed by atoms with Crippen LogP contribution in [0, 0.1) is 11.6 Å². The van der Waals surface area contributed by atoms with Crippen LogP contribution in [-0.2, 0) is 15.8 Å². The molecule has 214 valence electrons. The van der Waals surface area contributed by atoms with Gasteiger partial charge in [0.25, 0.3) is 0 Å². The molecular weight excluding hydrogens is 544 g/mol. The van der Waals surface area contributed by atoms with E-state index in [1.807, 2.05) is 4.90 Å². The monoisotopic (exact) mass is 575 g/mol. The molecule has 2 N–H and O–H groups in total. The first-order valence-electron chi connectivity index (χ1n) is 13.1. The van der Waals surface area contributed by atoms with E-state index in [0.29, 0.717) is 17.0 Å². The number of hydrogen-bond acceptors (Lipinski definition) is 8. The number of nitrogens with zero attached hydrogens (tertiary/aromatic N) is 4. The molecule has 2 heterocycles. The zero-order valence-electron chi connectivity index (χ0n) is 22.1. The normalized spacial score (nSPS) is 16.8. The van der Waals surface area contributed by atoms with Crippen molar-refractivity contribution in [1.29, 1.82) is 0 Å². The number of hydrogen-bond donors (Lipinski definition) is 1. The highest BCUT2D eigenvalue weighted by Gasteiger charge is 2.31. The Balaban J connectivity index is 1.39. The van der Waals surface area contributed by atoms with Crippen LogP contribution in [0.3, 0.4) is 0 Å². The molecule has 1 aliphatic carbocycles. The number of benzene rings is 2. The predicted molar refractivity (Wildman–Crippen MR) is 146 cm³/mol. The first-order chi connectivity index (χ1) is 19.2. The van der Waals surface area contributed by atoms with Crippen molar-refractivity contribution in [1.82, 2.24) is 14.1 Å². The average Bonchev–Trinajstić information content (AvgIpc) is 3.44. The van der Waals surface area contributed by atoms with Crippen LogP contribution in [0.5, 0.6) is 11.5 Å². The molecule has 2 fully saturated rings. The molecule has 40 heavy (non-hydrogen) atoms. The Hall–Kier alpha value is -3.71. The van der Waals surface area contributed by atoms with Crippen LogP contribution in [0.1, 0.15) is 31.2 Å². The third kappa shape index (κ3) is 5.75. The number of methoxy groups -OCH3 is 1. The van der Waals surface area contributed by atoms with E-state index >= 15 is 0 Å². The van der Waals surface area contributed by atoms with Crippen LogP contribution in [0.4, 0.5) is 20.2 Å². The molecule has 0 amide bonds. The van der Waals surface area contributed by atoms with Crippen molar-refractivity contribution in [3.05, 3.63) is 70.1 Å². The van der Waals surface area contributed by atoms with Gasteiger partial charge in [-0.25, -0.2) is 17.2 Å². The SMILES string of the molecule is COc1cccc(CS(=O)(=O)N2CCN(c3cnn(-c4cc(F)cc(F)c4)c(=O)c3OC3CCCC3)CC2)c1N. The quantitative estimate of drug-likeness (QED) is 0.407. The number of halogens is 2. The third-order valence-corrected chi connectivity index (χ3v) is 9.11. The van der Waals surface area contributed by atoms with Crippen molar-refractivity contribution in [3.8, 4) is 17.2 Å². The van der Waals surface area contributed by atoms with Crippen molar-refractivity contribution in [3.63, 3.8) is 0 Å². The van der Waals surface area contributed by atoms with E-state index in [1.54, 1.807) is 18.2 Å². The van der Waals surface area contributed by atoms with Crippen LogP contribution in [0.15, 0.2) is 47.4 Å². The van der Waals surface area contributed by atoms with Gasteiger partial charge in [-0.05, 0) is 49.4 Å². The van der Waals surface area contributed by atoms with E-state index in [0.717, 1.165) is 48.6 Å². The standard InChI is InChI=1S/C27H31F2N5O5S/c1-38-24-8-4-5-18(25(24)30)17-40(36,37)33-11-9-32(10-12-33)23-16-31-34(21-14-19(28)13-20(29)15-21)27(35)26(23)39-22-6-2-3-7-22/h4-5,8,13-16,22H,2-3,6-7,9-12,17,30H2,1H3. The molecule has 0 radical (unpaired) electrons.